The molecule has 2 unspecified atom stereocenters. The largest absolute Gasteiger partial charge is 0.480 e. The Labute approximate surface area is 106 Å². The quantitative estimate of drug-likeness (QED) is 0.783. The molecule has 102 valence electrons. The van der Waals surface area contributed by atoms with Gasteiger partial charge in [0.2, 0.25) is 0 Å². The Balaban J connectivity index is 1.97. The Morgan fingerprint density at radius 1 is 1.50 bits per heavy atom. The van der Waals surface area contributed by atoms with Crippen molar-refractivity contribution in [2.24, 2.45) is 0 Å². The first-order valence-corrected chi connectivity index (χ1v) is 6.55. The van der Waals surface area contributed by atoms with E-state index in [4.69, 9.17) is 9.84 Å². The number of aliphatic carboxylic acids is 1. The topological polar surface area (TPSA) is 78.9 Å². The van der Waals surface area contributed by atoms with Crippen LogP contribution in [0.25, 0.3) is 0 Å². The van der Waals surface area contributed by atoms with Crippen molar-refractivity contribution in [3.8, 4) is 0 Å². The van der Waals surface area contributed by atoms with Gasteiger partial charge in [0, 0.05) is 6.54 Å². The average molecular weight is 256 g/mol. The molecule has 2 fully saturated rings. The Kier molecular flexibility index (Phi) is 4.06. The van der Waals surface area contributed by atoms with E-state index in [1.807, 2.05) is 0 Å². The molecule has 2 amide bonds. The second-order valence-electron chi connectivity index (χ2n) is 4.85. The van der Waals surface area contributed by atoms with E-state index >= 15 is 0 Å². The molecule has 2 N–H and O–H groups in total. The van der Waals surface area contributed by atoms with Crippen molar-refractivity contribution in [3.63, 3.8) is 0 Å². The lowest BCUT2D eigenvalue weighted by Gasteiger charge is -2.38. The molecule has 0 spiro atoms. The first-order chi connectivity index (χ1) is 8.63. The van der Waals surface area contributed by atoms with Crippen LogP contribution in [-0.4, -0.2) is 53.3 Å². The van der Waals surface area contributed by atoms with Crippen LogP contribution in [0.1, 0.15) is 32.6 Å². The summed E-state index contributed by atoms with van der Waals surface area (Å²) in [6.07, 6.45) is 3.52. The molecule has 0 aromatic carbocycles. The van der Waals surface area contributed by atoms with Gasteiger partial charge in [-0.3, -0.25) is 0 Å². The Morgan fingerprint density at radius 2 is 2.28 bits per heavy atom. The minimum atomic E-state index is -0.984. The fourth-order valence-corrected chi connectivity index (χ4v) is 2.75. The van der Waals surface area contributed by atoms with Gasteiger partial charge in [0.05, 0.1) is 18.8 Å². The summed E-state index contributed by atoms with van der Waals surface area (Å²) in [6, 6.07) is -0.963. The summed E-state index contributed by atoms with van der Waals surface area (Å²) in [5.41, 5.74) is 0. The molecule has 6 heteroatoms. The normalized spacial score (nSPS) is 28.6. The summed E-state index contributed by atoms with van der Waals surface area (Å²) < 4.78 is 5.62. The Bertz CT molecular complexity index is 334. The van der Waals surface area contributed by atoms with Crippen molar-refractivity contribution in [2.75, 3.05) is 13.2 Å². The minimum absolute atomic E-state index is 0.116. The molecule has 0 bridgehead atoms. The molecule has 1 aliphatic carbocycles. The monoisotopic (exact) mass is 256 g/mol. The second kappa shape index (κ2) is 5.56. The maximum absolute atomic E-state index is 12.1. The van der Waals surface area contributed by atoms with E-state index in [9.17, 15) is 9.59 Å². The van der Waals surface area contributed by atoms with Gasteiger partial charge in [-0.25, -0.2) is 9.59 Å². The first kappa shape index (κ1) is 13.1. The van der Waals surface area contributed by atoms with Crippen LogP contribution < -0.4 is 5.32 Å². The average Bonchev–Trinajstić information content (AvgIpc) is 2.82. The summed E-state index contributed by atoms with van der Waals surface area (Å²) in [6.45, 7) is 2.83. The third-order valence-corrected chi connectivity index (χ3v) is 3.75. The van der Waals surface area contributed by atoms with E-state index in [0.29, 0.717) is 19.6 Å². The molecule has 2 rings (SSSR count). The third kappa shape index (κ3) is 2.58. The van der Waals surface area contributed by atoms with Gasteiger partial charge in [-0.15, -0.1) is 0 Å². The summed E-state index contributed by atoms with van der Waals surface area (Å²) in [7, 11) is 0. The van der Waals surface area contributed by atoms with Crippen molar-refractivity contribution in [1.82, 2.24) is 10.2 Å². The van der Waals surface area contributed by atoms with Crippen LogP contribution >= 0.6 is 0 Å². The zero-order chi connectivity index (χ0) is 13.1. The predicted molar refractivity (Wildman–Crippen MR) is 64.3 cm³/mol. The number of carbonyl (C=O) groups excluding carboxylic acids is 1. The number of hydrogen-bond donors (Lipinski definition) is 2. The fourth-order valence-electron chi connectivity index (χ4n) is 2.75. The Morgan fingerprint density at radius 3 is 2.94 bits per heavy atom. The number of carboxylic acids is 1. The highest BCUT2D eigenvalue weighted by Gasteiger charge is 2.39. The van der Waals surface area contributed by atoms with Crippen LogP contribution in [-0.2, 0) is 9.53 Å². The standard InChI is InChI=1S/C12H20N2O4/c1-2-8(11(15)16)13-12(17)14-6-7-18-10-5-3-4-9(10)14/h8-10H,2-7H2,1H3,(H,13,17)(H,15,16)/t8-,9?,10?/m1/s1. The van der Waals surface area contributed by atoms with E-state index < -0.39 is 12.0 Å². The molecule has 6 nitrogen and oxygen atoms in total. The highest BCUT2D eigenvalue weighted by molar-refractivity contribution is 5.82. The van der Waals surface area contributed by atoms with E-state index in [1.54, 1.807) is 11.8 Å². The number of fused-ring (bicyclic) bond motifs is 1. The lowest BCUT2D eigenvalue weighted by molar-refractivity contribution is -0.139. The lowest BCUT2D eigenvalue weighted by Crippen LogP contribution is -2.56. The number of nitrogens with one attached hydrogen (secondary N) is 1. The number of morpholine rings is 1. The first-order valence-electron chi connectivity index (χ1n) is 6.55. The van der Waals surface area contributed by atoms with Crippen LogP contribution in [0.5, 0.6) is 0 Å². The van der Waals surface area contributed by atoms with Gasteiger partial charge in [-0.05, 0) is 25.7 Å². The smallest absolute Gasteiger partial charge is 0.326 e. The van der Waals surface area contributed by atoms with Crippen LogP contribution in [0.4, 0.5) is 4.79 Å². The molecule has 0 radical (unpaired) electrons. The molecule has 2 aliphatic rings. The molecule has 0 aromatic heterocycles. The lowest BCUT2D eigenvalue weighted by atomic mass is 10.1. The van der Waals surface area contributed by atoms with Crippen molar-refractivity contribution in [3.05, 3.63) is 0 Å². The van der Waals surface area contributed by atoms with Crippen LogP contribution in [0, 0.1) is 0 Å². The summed E-state index contributed by atoms with van der Waals surface area (Å²) in [5.74, 6) is -0.984. The number of urea groups is 1. The van der Waals surface area contributed by atoms with Crippen molar-refractivity contribution in [1.29, 1.82) is 0 Å². The van der Waals surface area contributed by atoms with Crippen LogP contribution in [0.15, 0.2) is 0 Å². The van der Waals surface area contributed by atoms with E-state index in [-0.39, 0.29) is 18.2 Å². The molecular weight excluding hydrogens is 236 g/mol. The van der Waals surface area contributed by atoms with Gasteiger partial charge in [0.1, 0.15) is 6.04 Å². The number of carboxylic acid groups (broad SMARTS) is 1. The Hall–Kier alpha value is -1.30. The highest BCUT2D eigenvalue weighted by Crippen LogP contribution is 2.29. The number of ether oxygens (including phenoxy) is 1. The van der Waals surface area contributed by atoms with Gasteiger partial charge < -0.3 is 20.1 Å². The van der Waals surface area contributed by atoms with Gasteiger partial charge in [0.25, 0.3) is 0 Å². The summed E-state index contributed by atoms with van der Waals surface area (Å²) >= 11 is 0. The third-order valence-electron chi connectivity index (χ3n) is 3.75. The van der Waals surface area contributed by atoms with Crippen molar-refractivity contribution in [2.45, 2.75) is 50.8 Å². The van der Waals surface area contributed by atoms with Gasteiger partial charge in [-0.2, -0.15) is 0 Å². The second-order valence-corrected chi connectivity index (χ2v) is 4.85. The zero-order valence-electron chi connectivity index (χ0n) is 10.6. The summed E-state index contributed by atoms with van der Waals surface area (Å²) in [4.78, 5) is 24.8. The van der Waals surface area contributed by atoms with E-state index in [2.05, 4.69) is 5.32 Å². The van der Waals surface area contributed by atoms with Crippen molar-refractivity contribution >= 4 is 12.0 Å². The van der Waals surface area contributed by atoms with Crippen LogP contribution in [0.2, 0.25) is 0 Å². The molecule has 3 atom stereocenters. The summed E-state index contributed by atoms with van der Waals surface area (Å²) in [5, 5.41) is 11.5. The van der Waals surface area contributed by atoms with Crippen LogP contribution in [0.3, 0.4) is 0 Å². The number of amides is 2. The zero-order valence-corrected chi connectivity index (χ0v) is 10.6. The maximum atomic E-state index is 12.1. The molecular formula is C12H20N2O4. The van der Waals surface area contributed by atoms with Gasteiger partial charge in [-0.1, -0.05) is 6.92 Å². The maximum Gasteiger partial charge on any atom is 0.326 e. The van der Waals surface area contributed by atoms with E-state index in [0.717, 1.165) is 19.3 Å². The predicted octanol–water partition coefficient (Wildman–Crippen LogP) is 0.812. The fraction of sp³-hybridized carbons (Fsp3) is 0.833. The molecule has 1 saturated carbocycles. The van der Waals surface area contributed by atoms with Crippen molar-refractivity contribution < 1.29 is 19.4 Å². The van der Waals surface area contributed by atoms with Gasteiger partial charge >= 0.3 is 12.0 Å². The molecule has 1 heterocycles. The van der Waals surface area contributed by atoms with E-state index in [1.165, 1.54) is 0 Å². The molecule has 1 aliphatic heterocycles. The molecule has 18 heavy (non-hydrogen) atoms. The SMILES string of the molecule is CC[C@@H](NC(=O)N1CCOC2CCCC21)C(=O)O. The molecule has 1 saturated heterocycles. The minimum Gasteiger partial charge on any atom is -0.480 e. The number of hydrogen-bond acceptors (Lipinski definition) is 3. The number of nitrogens with zero attached hydrogens (tertiary/aromatic N) is 1. The number of rotatable bonds is 3. The van der Waals surface area contributed by atoms with Gasteiger partial charge in [0.15, 0.2) is 0 Å². The number of carbonyl (C=O) groups is 2. The molecule has 0 aromatic rings. The highest BCUT2D eigenvalue weighted by atomic mass is 16.5.